The topological polar surface area (TPSA) is 57.7 Å². The number of carbonyl (C=O) groups is 1. The molecule has 22 heavy (non-hydrogen) atoms. The molecule has 0 atom stereocenters. The van der Waals surface area contributed by atoms with Crippen LogP contribution in [0.4, 0.5) is 0 Å². The summed E-state index contributed by atoms with van der Waals surface area (Å²) in [5.41, 5.74) is 0.714. The van der Waals surface area contributed by atoms with Crippen molar-refractivity contribution in [2.75, 3.05) is 32.4 Å². The molecule has 2 fully saturated rings. The summed E-state index contributed by atoms with van der Waals surface area (Å²) in [4.78, 5) is 14.9. The molecule has 0 bridgehead atoms. The Kier molecular flexibility index (Phi) is 3.99. The predicted octanol–water partition coefficient (Wildman–Crippen LogP) is 1.21. The van der Waals surface area contributed by atoms with Gasteiger partial charge in [0.25, 0.3) is 0 Å². The normalized spacial score (nSPS) is 22.1. The van der Waals surface area contributed by atoms with Crippen molar-refractivity contribution >= 4 is 15.9 Å². The average Bonchev–Trinajstić information content (AvgIpc) is 2.46. The lowest BCUT2D eigenvalue weighted by molar-refractivity contribution is -0.142. The molecule has 5 nitrogen and oxygen atoms in total. The Labute approximate surface area is 132 Å². The van der Waals surface area contributed by atoms with E-state index in [1.165, 1.54) is 10.6 Å². The van der Waals surface area contributed by atoms with Crippen LogP contribution in [0.5, 0.6) is 0 Å². The first-order valence-electron chi connectivity index (χ1n) is 7.73. The minimum Gasteiger partial charge on any atom is -0.339 e. The van der Waals surface area contributed by atoms with Crippen molar-refractivity contribution in [2.45, 2.75) is 24.7 Å². The number of hydrogen-bond acceptors (Lipinski definition) is 3. The van der Waals surface area contributed by atoms with Crippen LogP contribution in [-0.4, -0.2) is 56.0 Å². The fraction of sp³-hybridized carbons (Fsp3) is 0.562. The summed E-state index contributed by atoms with van der Waals surface area (Å²) < 4.78 is 24.6. The Morgan fingerprint density at radius 3 is 2.09 bits per heavy atom. The fourth-order valence-corrected chi connectivity index (χ4v) is 4.27. The quantitative estimate of drug-likeness (QED) is 0.840. The van der Waals surface area contributed by atoms with E-state index in [0.717, 1.165) is 24.8 Å². The van der Waals surface area contributed by atoms with Crippen LogP contribution in [0.15, 0.2) is 30.3 Å². The first-order valence-corrected chi connectivity index (χ1v) is 9.58. The van der Waals surface area contributed by atoms with Crippen LogP contribution in [-0.2, 0) is 20.2 Å². The molecular formula is C16H22N2O3S. The fourth-order valence-electron chi connectivity index (χ4n) is 3.44. The van der Waals surface area contributed by atoms with Gasteiger partial charge in [-0.3, -0.25) is 4.79 Å². The van der Waals surface area contributed by atoms with Gasteiger partial charge in [-0.2, -0.15) is 4.31 Å². The van der Waals surface area contributed by atoms with E-state index in [0.29, 0.717) is 26.2 Å². The van der Waals surface area contributed by atoms with Gasteiger partial charge in [0.2, 0.25) is 15.9 Å². The molecule has 0 spiro atoms. The Morgan fingerprint density at radius 1 is 1.05 bits per heavy atom. The van der Waals surface area contributed by atoms with Gasteiger partial charge in [-0.25, -0.2) is 8.42 Å². The van der Waals surface area contributed by atoms with Crippen LogP contribution in [0, 0.1) is 0 Å². The highest BCUT2D eigenvalue weighted by Gasteiger charge is 2.48. The van der Waals surface area contributed by atoms with E-state index in [1.807, 2.05) is 35.2 Å². The first kappa shape index (κ1) is 15.5. The number of carbonyl (C=O) groups excluding carboxylic acids is 1. The molecule has 6 heteroatoms. The highest BCUT2D eigenvalue weighted by molar-refractivity contribution is 7.88. The maximum Gasteiger partial charge on any atom is 0.233 e. The molecule has 1 heterocycles. The van der Waals surface area contributed by atoms with Gasteiger partial charge in [-0.15, -0.1) is 0 Å². The number of amides is 1. The van der Waals surface area contributed by atoms with Gasteiger partial charge in [-0.1, -0.05) is 36.8 Å². The Hall–Kier alpha value is -1.40. The van der Waals surface area contributed by atoms with E-state index in [9.17, 15) is 13.2 Å². The molecule has 1 aliphatic heterocycles. The van der Waals surface area contributed by atoms with Crippen molar-refractivity contribution in [2.24, 2.45) is 0 Å². The maximum atomic E-state index is 13.0. The molecule has 1 aromatic rings. The van der Waals surface area contributed by atoms with E-state index in [2.05, 4.69) is 0 Å². The van der Waals surface area contributed by atoms with E-state index in [-0.39, 0.29) is 11.3 Å². The predicted molar refractivity (Wildman–Crippen MR) is 85.0 cm³/mol. The standard InChI is InChI=1S/C16H22N2O3S/c1-22(20,21)18-12-10-17(11-13-18)15(19)16(8-5-9-16)14-6-3-2-4-7-14/h2-4,6-7H,5,8-13H2,1H3. The summed E-state index contributed by atoms with van der Waals surface area (Å²) in [6.45, 7) is 1.77. The number of hydrogen-bond donors (Lipinski definition) is 0. The molecule has 2 aliphatic rings. The first-order chi connectivity index (χ1) is 10.4. The zero-order chi connectivity index (χ0) is 15.8. The molecule has 1 aliphatic carbocycles. The van der Waals surface area contributed by atoms with E-state index < -0.39 is 10.0 Å². The monoisotopic (exact) mass is 322 g/mol. The summed E-state index contributed by atoms with van der Waals surface area (Å²) in [7, 11) is -3.16. The Morgan fingerprint density at radius 2 is 1.64 bits per heavy atom. The van der Waals surface area contributed by atoms with Gasteiger partial charge in [0.1, 0.15) is 0 Å². The van der Waals surface area contributed by atoms with Crippen molar-refractivity contribution in [3.05, 3.63) is 35.9 Å². The van der Waals surface area contributed by atoms with Gasteiger partial charge >= 0.3 is 0 Å². The Bertz CT molecular complexity index is 645. The summed E-state index contributed by atoms with van der Waals surface area (Å²) in [6.07, 6.45) is 4.08. The second-order valence-electron chi connectivity index (χ2n) is 6.26. The molecule has 1 aromatic carbocycles. The number of sulfonamides is 1. The smallest absolute Gasteiger partial charge is 0.233 e. The lowest BCUT2D eigenvalue weighted by Crippen LogP contribution is -2.57. The van der Waals surface area contributed by atoms with Crippen LogP contribution in [0.3, 0.4) is 0 Å². The van der Waals surface area contributed by atoms with Gasteiger partial charge in [0.15, 0.2) is 0 Å². The molecule has 0 N–H and O–H groups in total. The molecule has 0 aromatic heterocycles. The van der Waals surface area contributed by atoms with Crippen LogP contribution < -0.4 is 0 Å². The molecule has 120 valence electrons. The number of rotatable bonds is 3. The number of piperazine rings is 1. The summed E-state index contributed by atoms with van der Waals surface area (Å²) in [5.74, 6) is 0.165. The van der Waals surface area contributed by atoms with Gasteiger partial charge in [0.05, 0.1) is 11.7 Å². The third-order valence-corrected chi connectivity index (χ3v) is 6.24. The summed E-state index contributed by atoms with van der Waals surface area (Å²) >= 11 is 0. The average molecular weight is 322 g/mol. The van der Waals surface area contributed by atoms with Crippen molar-refractivity contribution in [1.82, 2.24) is 9.21 Å². The van der Waals surface area contributed by atoms with Crippen LogP contribution in [0.1, 0.15) is 24.8 Å². The molecule has 3 rings (SSSR count). The summed E-state index contributed by atoms with van der Waals surface area (Å²) in [5, 5.41) is 0. The highest BCUT2D eigenvalue weighted by atomic mass is 32.2. The van der Waals surface area contributed by atoms with Gasteiger partial charge < -0.3 is 4.90 Å². The minimum atomic E-state index is -3.16. The molecule has 1 saturated carbocycles. The largest absolute Gasteiger partial charge is 0.339 e. The van der Waals surface area contributed by atoms with Gasteiger partial charge in [0, 0.05) is 26.2 Å². The van der Waals surface area contributed by atoms with Crippen molar-refractivity contribution in [3.8, 4) is 0 Å². The third-order valence-electron chi connectivity index (χ3n) is 4.94. The van der Waals surface area contributed by atoms with Crippen molar-refractivity contribution < 1.29 is 13.2 Å². The number of nitrogens with zero attached hydrogens (tertiary/aromatic N) is 2. The minimum absolute atomic E-state index is 0.165. The summed E-state index contributed by atoms with van der Waals surface area (Å²) in [6, 6.07) is 9.98. The Balaban J connectivity index is 1.74. The van der Waals surface area contributed by atoms with Crippen molar-refractivity contribution in [3.63, 3.8) is 0 Å². The molecule has 1 saturated heterocycles. The molecule has 0 unspecified atom stereocenters. The number of benzene rings is 1. The van der Waals surface area contributed by atoms with Gasteiger partial charge in [-0.05, 0) is 18.4 Å². The van der Waals surface area contributed by atoms with Crippen LogP contribution in [0.25, 0.3) is 0 Å². The zero-order valence-corrected chi connectivity index (χ0v) is 13.7. The lowest BCUT2D eigenvalue weighted by Gasteiger charge is -2.45. The van der Waals surface area contributed by atoms with E-state index in [4.69, 9.17) is 0 Å². The maximum absolute atomic E-state index is 13.0. The lowest BCUT2D eigenvalue weighted by atomic mass is 9.63. The van der Waals surface area contributed by atoms with Crippen molar-refractivity contribution in [1.29, 1.82) is 0 Å². The van der Waals surface area contributed by atoms with E-state index in [1.54, 1.807) is 0 Å². The molecular weight excluding hydrogens is 300 g/mol. The second-order valence-corrected chi connectivity index (χ2v) is 8.24. The molecule has 0 radical (unpaired) electrons. The van der Waals surface area contributed by atoms with Crippen LogP contribution in [0.2, 0.25) is 0 Å². The van der Waals surface area contributed by atoms with E-state index >= 15 is 0 Å². The second kappa shape index (κ2) is 5.66. The SMILES string of the molecule is CS(=O)(=O)N1CCN(C(=O)C2(c3ccccc3)CCC2)CC1. The van der Waals surface area contributed by atoms with Crippen LogP contribution >= 0.6 is 0 Å². The molecule has 1 amide bonds. The highest BCUT2D eigenvalue weighted by Crippen LogP contribution is 2.45. The zero-order valence-electron chi connectivity index (χ0n) is 12.9. The third kappa shape index (κ3) is 2.65.